The molecule has 0 spiro atoms. The fourth-order valence-corrected chi connectivity index (χ4v) is 11.6. The normalized spacial score (nSPS) is 12.6. The SMILES string of the molecule is C.CC(C)Cc1cc(CC(C)C)c2c(c1)-c1ccc3ccccc3[n+]1C2.CC(C)Cc1ccc2c(c1)-c1ccc3ccccc3[n+]1C2.Cc1cc(C)c2c(c1)-c1ccc3ccc(CC(C)C)cc3[n+]1C2. The van der Waals surface area contributed by atoms with Gasteiger partial charge in [0.25, 0.3) is 0 Å². The third kappa shape index (κ3) is 9.70. The van der Waals surface area contributed by atoms with Crippen LogP contribution >= 0.6 is 0 Å². The van der Waals surface area contributed by atoms with Gasteiger partial charge < -0.3 is 0 Å². The summed E-state index contributed by atoms with van der Waals surface area (Å²) in [6, 6.07) is 54.6. The number of aryl methyl sites for hydroxylation is 2. The molecule has 9 aromatic rings. The van der Waals surface area contributed by atoms with Gasteiger partial charge in [-0.3, -0.25) is 0 Å². The molecule has 356 valence electrons. The third-order valence-electron chi connectivity index (χ3n) is 14.5. The lowest BCUT2D eigenvalue weighted by Crippen LogP contribution is -2.33. The van der Waals surface area contributed by atoms with E-state index in [1.807, 2.05) is 0 Å². The fourth-order valence-electron chi connectivity index (χ4n) is 11.6. The van der Waals surface area contributed by atoms with Gasteiger partial charge in [-0.25, -0.2) is 0 Å². The molecular weight excluding hydrogens is 847 g/mol. The maximum atomic E-state index is 2.50. The van der Waals surface area contributed by atoms with Crippen LogP contribution in [-0.2, 0) is 45.3 Å². The zero-order chi connectivity index (χ0) is 48.1. The van der Waals surface area contributed by atoms with Gasteiger partial charge in [0.2, 0.25) is 33.6 Å². The summed E-state index contributed by atoms with van der Waals surface area (Å²) in [5.74, 6) is 2.77. The van der Waals surface area contributed by atoms with Crippen LogP contribution in [0.15, 0.2) is 146 Å². The van der Waals surface area contributed by atoms with Gasteiger partial charge in [0.1, 0.15) is 0 Å². The summed E-state index contributed by atoms with van der Waals surface area (Å²) < 4.78 is 7.44. The van der Waals surface area contributed by atoms with Crippen LogP contribution < -0.4 is 13.7 Å². The Morgan fingerprint density at radius 1 is 0.386 bits per heavy atom. The Bertz CT molecular complexity index is 3400. The van der Waals surface area contributed by atoms with Gasteiger partial charge in [-0.05, 0) is 151 Å². The minimum atomic E-state index is 0. The molecule has 70 heavy (non-hydrogen) atoms. The smallest absolute Gasteiger partial charge is 0.187 e. The van der Waals surface area contributed by atoms with Crippen molar-refractivity contribution in [2.75, 3.05) is 0 Å². The van der Waals surface area contributed by atoms with E-state index in [9.17, 15) is 0 Å². The topological polar surface area (TPSA) is 11.6 Å². The van der Waals surface area contributed by atoms with Crippen molar-refractivity contribution in [3.8, 4) is 33.8 Å². The lowest BCUT2D eigenvalue weighted by atomic mass is 9.90. The Kier molecular flexibility index (Phi) is 14.0. The van der Waals surface area contributed by atoms with Gasteiger partial charge in [-0.1, -0.05) is 117 Å². The van der Waals surface area contributed by atoms with E-state index in [0.29, 0.717) is 23.7 Å². The molecule has 0 saturated heterocycles. The first-order valence-electron chi connectivity index (χ1n) is 25.9. The van der Waals surface area contributed by atoms with Crippen LogP contribution in [0, 0.1) is 37.5 Å². The van der Waals surface area contributed by atoms with E-state index in [0.717, 1.165) is 38.9 Å². The molecule has 0 atom stereocenters. The monoisotopic (exact) mass is 923 g/mol. The average molecular weight is 923 g/mol. The number of hydrogen-bond donors (Lipinski definition) is 0. The first kappa shape index (κ1) is 48.6. The fraction of sp³-hybridized carbons (Fsp3) is 0.328. The molecule has 3 aromatic heterocycles. The molecule has 3 heteroatoms. The first-order chi connectivity index (χ1) is 33.3. The number of hydrogen-bond acceptors (Lipinski definition) is 0. The van der Waals surface area contributed by atoms with Crippen molar-refractivity contribution in [2.45, 2.75) is 122 Å². The van der Waals surface area contributed by atoms with Crippen molar-refractivity contribution in [3.05, 3.63) is 196 Å². The van der Waals surface area contributed by atoms with Crippen LogP contribution in [0.2, 0.25) is 0 Å². The Labute approximate surface area is 419 Å². The molecule has 0 unspecified atom stereocenters. The summed E-state index contributed by atoms with van der Waals surface area (Å²) in [5, 5.41) is 3.98. The Morgan fingerprint density at radius 2 is 0.843 bits per heavy atom. The van der Waals surface area contributed by atoms with E-state index in [-0.39, 0.29) is 7.43 Å². The van der Waals surface area contributed by atoms with E-state index >= 15 is 0 Å². The van der Waals surface area contributed by atoms with Crippen molar-refractivity contribution < 1.29 is 13.7 Å². The van der Waals surface area contributed by atoms with E-state index in [4.69, 9.17) is 0 Å². The van der Waals surface area contributed by atoms with Gasteiger partial charge in [0.15, 0.2) is 19.6 Å². The summed E-state index contributed by atoms with van der Waals surface area (Å²) in [6.45, 7) is 25.8. The van der Waals surface area contributed by atoms with Gasteiger partial charge in [0, 0.05) is 69.2 Å². The standard InChI is InChI=1S/C24H28N.C22H24N.C20H20N.CH4/c1-16(2)11-18-13-20(12-17(3)4)22-15-25-23-8-6-5-7-19(23)9-10-24(25)21(22)14-18;1-14(2)9-17-5-6-18-7-8-21-19-11-15(3)10-16(4)20(19)13-23(21)22(18)12-17;1-14(2)11-15-7-8-17-13-21-19-6-4-3-5-16(19)9-10-20(21)18(17)12-15;/h5-10,13-14,16-17H,11-12,15H2,1-4H3;5-8,10-12,14H,9,13H2,1-4H3;3-10,12,14H,11,13H2,1-2H3;1H4/q3*+1;. The van der Waals surface area contributed by atoms with Crippen molar-refractivity contribution in [1.82, 2.24) is 0 Å². The van der Waals surface area contributed by atoms with Crippen molar-refractivity contribution in [2.24, 2.45) is 23.7 Å². The second-order valence-electron chi connectivity index (χ2n) is 22.2. The molecule has 3 aliphatic heterocycles. The van der Waals surface area contributed by atoms with E-state index in [1.165, 1.54) is 117 Å². The molecule has 6 aromatic carbocycles. The van der Waals surface area contributed by atoms with Crippen molar-refractivity contribution in [3.63, 3.8) is 0 Å². The number of fused-ring (bicyclic) bond motifs is 15. The highest BCUT2D eigenvalue weighted by molar-refractivity contribution is 5.82. The van der Waals surface area contributed by atoms with Crippen LogP contribution in [-0.4, -0.2) is 0 Å². The van der Waals surface area contributed by atoms with Gasteiger partial charge in [0.05, 0.1) is 16.7 Å². The summed E-state index contributed by atoms with van der Waals surface area (Å²) in [7, 11) is 0. The van der Waals surface area contributed by atoms with Crippen molar-refractivity contribution in [1.29, 1.82) is 0 Å². The molecule has 6 heterocycles. The van der Waals surface area contributed by atoms with Crippen LogP contribution in [0.5, 0.6) is 0 Å². The quantitative estimate of drug-likeness (QED) is 0.135. The van der Waals surface area contributed by atoms with E-state index < -0.39 is 0 Å². The molecule has 0 amide bonds. The second-order valence-corrected chi connectivity index (χ2v) is 22.2. The van der Waals surface area contributed by atoms with Crippen LogP contribution in [0.4, 0.5) is 0 Å². The number of nitrogens with zero attached hydrogens (tertiary/aromatic N) is 3. The Balaban J connectivity index is 0.000000130. The van der Waals surface area contributed by atoms with Gasteiger partial charge >= 0.3 is 0 Å². The lowest BCUT2D eigenvalue weighted by molar-refractivity contribution is -0.646. The molecule has 12 rings (SSSR count). The summed E-state index contributed by atoms with van der Waals surface area (Å²) in [6.07, 6.45) is 4.62. The zero-order valence-electron chi connectivity index (χ0n) is 43.0. The van der Waals surface area contributed by atoms with Crippen LogP contribution in [0.3, 0.4) is 0 Å². The summed E-state index contributed by atoms with van der Waals surface area (Å²) in [5.41, 5.74) is 25.6. The molecule has 0 N–H and O–H groups in total. The minimum Gasteiger partial charge on any atom is -0.187 e. The summed E-state index contributed by atoms with van der Waals surface area (Å²) >= 11 is 0. The zero-order valence-corrected chi connectivity index (χ0v) is 43.0. The lowest BCUT2D eigenvalue weighted by Gasteiger charge is -2.13. The van der Waals surface area contributed by atoms with Crippen LogP contribution in [0.25, 0.3) is 66.5 Å². The number of pyridine rings is 3. The summed E-state index contributed by atoms with van der Waals surface area (Å²) in [4.78, 5) is 0. The van der Waals surface area contributed by atoms with Crippen molar-refractivity contribution >= 4 is 32.7 Å². The number of para-hydroxylation sites is 2. The maximum Gasteiger partial charge on any atom is 0.213 e. The number of benzene rings is 6. The second kappa shape index (κ2) is 20.1. The van der Waals surface area contributed by atoms with Gasteiger partial charge in [-0.2, -0.15) is 13.7 Å². The third-order valence-corrected chi connectivity index (χ3v) is 14.5. The highest BCUT2D eigenvalue weighted by atomic mass is 15.0. The predicted octanol–water partition coefficient (Wildman–Crippen LogP) is 15.5. The van der Waals surface area contributed by atoms with E-state index in [1.54, 1.807) is 5.56 Å². The Morgan fingerprint density at radius 3 is 1.46 bits per heavy atom. The largest absolute Gasteiger partial charge is 0.213 e. The first-order valence-corrected chi connectivity index (χ1v) is 25.9. The van der Waals surface area contributed by atoms with E-state index in [2.05, 4.69) is 229 Å². The maximum absolute atomic E-state index is 2.50. The Hall–Kier alpha value is -6.45. The number of aromatic nitrogens is 3. The van der Waals surface area contributed by atoms with Crippen LogP contribution in [0.1, 0.15) is 113 Å². The molecule has 0 aliphatic carbocycles. The van der Waals surface area contributed by atoms with Gasteiger partial charge in [-0.15, -0.1) is 0 Å². The average Bonchev–Trinajstić information content (AvgIpc) is 4.01. The minimum absolute atomic E-state index is 0. The molecule has 0 fully saturated rings. The molecule has 0 saturated carbocycles. The predicted molar refractivity (Wildman–Crippen MR) is 296 cm³/mol. The molecular formula is C67H76N3+3. The molecule has 3 nitrogen and oxygen atoms in total. The highest BCUT2D eigenvalue weighted by Gasteiger charge is 2.32. The highest BCUT2D eigenvalue weighted by Crippen LogP contribution is 2.36. The molecule has 0 radical (unpaired) electrons. The number of rotatable bonds is 8. The molecule has 0 bridgehead atoms. The molecule has 3 aliphatic rings.